The average molecular weight is 811 g/mol. The van der Waals surface area contributed by atoms with E-state index in [2.05, 4.69) is 25.6 Å². The summed E-state index contributed by atoms with van der Waals surface area (Å²) in [6, 6.07) is 7.22. The summed E-state index contributed by atoms with van der Waals surface area (Å²) < 4.78 is 23.5. The number of alkyl halides is 1. The average Bonchev–Trinajstić information content (AvgIpc) is 3.88. The van der Waals surface area contributed by atoms with E-state index in [9.17, 15) is 24.0 Å². The lowest BCUT2D eigenvalue weighted by molar-refractivity contribution is -0.136. The number of benzene rings is 2. The van der Waals surface area contributed by atoms with Gasteiger partial charge in [-0.25, -0.2) is 13.9 Å². The van der Waals surface area contributed by atoms with Crippen LogP contribution >= 0.6 is 11.6 Å². The minimum atomic E-state index is -1.46. The van der Waals surface area contributed by atoms with E-state index in [1.54, 1.807) is 42.7 Å². The molecule has 1 saturated carbocycles. The Balaban J connectivity index is 0.800. The molecule has 4 aliphatic heterocycles. The molecular weight excluding hydrogens is 771 g/mol. The highest BCUT2D eigenvalue weighted by molar-refractivity contribution is 6.30. The largest absolute Gasteiger partial charge is 0.491 e. The van der Waals surface area contributed by atoms with E-state index in [4.69, 9.17) is 27.1 Å². The van der Waals surface area contributed by atoms with Gasteiger partial charge in [0, 0.05) is 61.5 Å². The third kappa shape index (κ3) is 7.35. The summed E-state index contributed by atoms with van der Waals surface area (Å²) in [5, 5.41) is 9.73. The number of rotatable bonds is 11. The zero-order chi connectivity index (χ0) is 40.3. The van der Waals surface area contributed by atoms with Crippen LogP contribution in [0.4, 0.5) is 21.5 Å². The Kier molecular flexibility index (Phi) is 9.59. The number of aromatic nitrogens is 3. The summed E-state index contributed by atoms with van der Waals surface area (Å²) in [7, 11) is 0. The van der Waals surface area contributed by atoms with Crippen molar-refractivity contribution in [3.63, 3.8) is 0 Å². The summed E-state index contributed by atoms with van der Waals surface area (Å²) in [6.45, 7) is 2.34. The molecule has 0 radical (unpaired) electrons. The van der Waals surface area contributed by atoms with Gasteiger partial charge >= 0.3 is 0 Å². The third-order valence-electron chi connectivity index (χ3n) is 11.4. The fourth-order valence-electron chi connectivity index (χ4n) is 8.02. The summed E-state index contributed by atoms with van der Waals surface area (Å²) in [5.41, 5.74) is 8.13. The monoisotopic (exact) mass is 810 g/mol. The number of hydrogen-bond acceptors (Lipinski definition) is 12. The van der Waals surface area contributed by atoms with E-state index >= 15 is 4.39 Å². The van der Waals surface area contributed by atoms with E-state index in [0.29, 0.717) is 64.7 Å². The lowest BCUT2D eigenvalue weighted by atomic mass is 9.92. The first-order chi connectivity index (χ1) is 27.9. The van der Waals surface area contributed by atoms with Gasteiger partial charge in [0.15, 0.2) is 11.3 Å². The number of ether oxygens (including phenoxy) is 1. The summed E-state index contributed by atoms with van der Waals surface area (Å²) in [5.74, 6) is -1.76. The number of nitrogen functional groups attached to an aromatic ring is 1. The highest BCUT2D eigenvalue weighted by atomic mass is 35.5. The molecule has 1 aliphatic carbocycles. The lowest BCUT2D eigenvalue weighted by Crippen LogP contribution is -2.64. The number of hydrogen-bond donors (Lipinski definition) is 3. The molecule has 58 heavy (non-hydrogen) atoms. The van der Waals surface area contributed by atoms with Crippen LogP contribution in [0.3, 0.4) is 0 Å². The number of imide groups is 2. The molecule has 18 heteroatoms. The molecule has 6 heterocycles. The molecule has 5 amide bonds. The van der Waals surface area contributed by atoms with Crippen LogP contribution in [0.15, 0.2) is 53.9 Å². The van der Waals surface area contributed by atoms with Crippen molar-refractivity contribution in [1.29, 1.82) is 0 Å². The van der Waals surface area contributed by atoms with Crippen LogP contribution in [-0.4, -0.2) is 117 Å². The van der Waals surface area contributed by atoms with Gasteiger partial charge in [-0.2, -0.15) is 5.10 Å². The van der Waals surface area contributed by atoms with Crippen molar-refractivity contribution in [3.05, 3.63) is 76.2 Å². The molecule has 9 rings (SSSR count). The SMILES string of the molecule is Nc1cc(OCC2CC2)c(NC(=O)c2cnn3cc(Cl)cnc23)cc1C=NC1CCN(CC2(F)CN(c3ccc4c(c3)C(=O)N(C3CCC(=O)NC3=O)C4=O)C2)CC1. The summed E-state index contributed by atoms with van der Waals surface area (Å²) in [6.07, 6.45) is 9.92. The molecule has 4 aromatic rings. The molecule has 300 valence electrons. The number of nitrogens with two attached hydrogens (primary N) is 1. The van der Waals surface area contributed by atoms with Crippen LogP contribution in [0.25, 0.3) is 5.65 Å². The van der Waals surface area contributed by atoms with Gasteiger partial charge in [0.1, 0.15) is 17.4 Å². The zero-order valence-corrected chi connectivity index (χ0v) is 32.1. The van der Waals surface area contributed by atoms with Crippen molar-refractivity contribution >= 4 is 70.1 Å². The second kappa shape index (κ2) is 14.8. The van der Waals surface area contributed by atoms with Crippen molar-refractivity contribution < 1.29 is 33.1 Å². The van der Waals surface area contributed by atoms with Crippen LogP contribution in [0.5, 0.6) is 5.75 Å². The highest BCUT2D eigenvalue weighted by Gasteiger charge is 2.48. The summed E-state index contributed by atoms with van der Waals surface area (Å²) >= 11 is 6.04. The molecule has 5 aliphatic rings. The van der Waals surface area contributed by atoms with E-state index in [1.165, 1.54) is 16.9 Å². The quantitative estimate of drug-likeness (QED) is 0.114. The van der Waals surface area contributed by atoms with E-state index in [0.717, 1.165) is 30.6 Å². The lowest BCUT2D eigenvalue weighted by Gasteiger charge is -2.48. The maximum Gasteiger partial charge on any atom is 0.262 e. The van der Waals surface area contributed by atoms with E-state index in [-0.39, 0.29) is 55.2 Å². The topological polar surface area (TPSA) is 197 Å². The number of piperidine rings is 2. The van der Waals surface area contributed by atoms with Crippen LogP contribution in [-0.2, 0) is 9.59 Å². The second-order valence-corrected chi connectivity index (χ2v) is 16.2. The smallest absolute Gasteiger partial charge is 0.262 e. The van der Waals surface area contributed by atoms with Gasteiger partial charge in [0.25, 0.3) is 17.7 Å². The van der Waals surface area contributed by atoms with Gasteiger partial charge in [-0.1, -0.05) is 11.6 Å². The zero-order valence-electron chi connectivity index (χ0n) is 31.3. The fourth-order valence-corrected chi connectivity index (χ4v) is 8.17. The number of nitrogens with one attached hydrogen (secondary N) is 2. The molecule has 4 N–H and O–H groups in total. The van der Waals surface area contributed by atoms with Gasteiger partial charge < -0.3 is 20.7 Å². The number of amides is 5. The molecule has 0 spiro atoms. The highest BCUT2D eigenvalue weighted by Crippen LogP contribution is 2.37. The van der Waals surface area contributed by atoms with Gasteiger partial charge in [0.05, 0.1) is 60.0 Å². The van der Waals surface area contributed by atoms with Crippen molar-refractivity contribution in [2.45, 2.75) is 56.3 Å². The number of anilines is 3. The van der Waals surface area contributed by atoms with Gasteiger partial charge in [-0.15, -0.1) is 0 Å². The summed E-state index contributed by atoms with van der Waals surface area (Å²) in [4.78, 5) is 77.7. The Labute approximate surface area is 336 Å². The Hall–Kier alpha value is -5.94. The number of likely N-dealkylation sites (tertiary alicyclic amines) is 1. The maximum atomic E-state index is 16.0. The van der Waals surface area contributed by atoms with Crippen molar-refractivity contribution in [3.8, 4) is 5.75 Å². The third-order valence-corrected chi connectivity index (χ3v) is 11.6. The molecule has 2 aromatic heterocycles. The van der Waals surface area contributed by atoms with Gasteiger partial charge in [-0.05, 0) is 62.3 Å². The predicted octanol–water partition coefficient (Wildman–Crippen LogP) is 3.52. The second-order valence-electron chi connectivity index (χ2n) is 15.8. The maximum absolute atomic E-state index is 16.0. The molecular formula is C40H40ClFN10O6. The Morgan fingerprint density at radius 1 is 1.05 bits per heavy atom. The van der Waals surface area contributed by atoms with Gasteiger partial charge in [0.2, 0.25) is 11.8 Å². The minimum absolute atomic E-state index is 0.00369. The fraction of sp³-hybridized carbons (Fsp3) is 0.400. The first-order valence-electron chi connectivity index (χ1n) is 19.3. The number of halogens is 2. The Morgan fingerprint density at radius 2 is 1.83 bits per heavy atom. The number of nitrogens with zero attached hydrogens (tertiary/aromatic N) is 7. The van der Waals surface area contributed by atoms with Crippen molar-refractivity contribution in [2.75, 3.05) is 55.3 Å². The standard InChI is InChI=1S/C40H40ClFN10O6/c41-24-15-45-35-29(16-46-51(35)17-24)36(54)47-31-11-23(30(43)13-33(31)58-18-22-1-2-22)14-44-25-7-9-49(10-8-25)19-40(42)20-50(21-40)26-3-4-27-28(12-26)39(57)52(38(27)56)32-5-6-34(53)48-37(32)55/h3-4,11-17,22,25,32H,1-2,5-10,18-21,43H2,(H,47,54)(H,48,53,55). The molecule has 0 bridgehead atoms. The number of carbonyl (C=O) groups excluding carboxylic acids is 5. The van der Waals surface area contributed by atoms with Crippen LogP contribution in [0.2, 0.25) is 5.02 Å². The van der Waals surface area contributed by atoms with E-state index < -0.39 is 41.2 Å². The number of carbonyl (C=O) groups is 5. The van der Waals surface area contributed by atoms with Crippen molar-refractivity contribution in [1.82, 2.24) is 29.7 Å². The van der Waals surface area contributed by atoms with Crippen LogP contribution in [0, 0.1) is 5.92 Å². The van der Waals surface area contributed by atoms with Crippen LogP contribution in [0.1, 0.15) is 75.2 Å². The molecule has 1 atom stereocenters. The minimum Gasteiger partial charge on any atom is -0.491 e. The number of aliphatic imine (C=N–C) groups is 1. The molecule has 2 aromatic carbocycles. The van der Waals surface area contributed by atoms with Crippen LogP contribution < -0.4 is 26.0 Å². The molecule has 1 unspecified atom stereocenters. The number of fused-ring (bicyclic) bond motifs is 2. The van der Waals surface area contributed by atoms with Gasteiger partial charge in [-0.3, -0.25) is 44.1 Å². The molecule has 3 saturated heterocycles. The molecule has 16 nitrogen and oxygen atoms in total. The van der Waals surface area contributed by atoms with Crippen molar-refractivity contribution in [2.24, 2.45) is 10.9 Å². The normalized spacial score (nSPS) is 21.1. The Morgan fingerprint density at radius 3 is 2.59 bits per heavy atom. The molecule has 4 fully saturated rings. The predicted molar refractivity (Wildman–Crippen MR) is 211 cm³/mol. The van der Waals surface area contributed by atoms with E-state index in [1.807, 2.05) is 4.90 Å². The first-order valence-corrected chi connectivity index (χ1v) is 19.7. The Bertz CT molecular complexity index is 2400. The first kappa shape index (κ1) is 37.6.